The van der Waals surface area contributed by atoms with Crippen molar-refractivity contribution < 1.29 is 8.42 Å². The predicted molar refractivity (Wildman–Crippen MR) is 83.9 cm³/mol. The Kier molecular flexibility index (Phi) is 4.89. The van der Waals surface area contributed by atoms with Crippen LogP contribution in [0.1, 0.15) is 29.5 Å². The number of sulfonamides is 1. The first kappa shape index (κ1) is 15.9. The van der Waals surface area contributed by atoms with Crippen LogP contribution in [0.2, 0.25) is 0 Å². The molecule has 0 bridgehead atoms. The molecule has 0 radical (unpaired) electrons. The van der Waals surface area contributed by atoms with Crippen LogP contribution < -0.4 is 0 Å². The van der Waals surface area contributed by atoms with Crippen molar-refractivity contribution in [1.82, 2.24) is 9.21 Å². The van der Waals surface area contributed by atoms with Gasteiger partial charge in [0.05, 0.1) is 4.90 Å². The second kappa shape index (κ2) is 6.13. The molecule has 1 fully saturated rings. The van der Waals surface area contributed by atoms with Crippen molar-refractivity contribution in [2.24, 2.45) is 0 Å². The topological polar surface area (TPSA) is 40.6 Å². The highest BCUT2D eigenvalue weighted by atomic mass is 32.2. The molecule has 0 atom stereocenters. The van der Waals surface area contributed by atoms with Crippen LogP contribution >= 0.6 is 11.3 Å². The quantitative estimate of drug-likeness (QED) is 0.857. The van der Waals surface area contributed by atoms with Gasteiger partial charge in [0.1, 0.15) is 0 Å². The van der Waals surface area contributed by atoms with Gasteiger partial charge in [-0.05, 0) is 52.4 Å². The third-order valence-electron chi connectivity index (χ3n) is 4.17. The van der Waals surface area contributed by atoms with Crippen molar-refractivity contribution in [3.05, 3.63) is 15.8 Å². The van der Waals surface area contributed by atoms with E-state index in [1.165, 1.54) is 0 Å². The molecule has 1 saturated heterocycles. The van der Waals surface area contributed by atoms with Crippen LogP contribution in [0.25, 0.3) is 0 Å². The Hall–Kier alpha value is -0.430. The maximum atomic E-state index is 12.7. The van der Waals surface area contributed by atoms with Crippen LogP contribution in [-0.4, -0.2) is 50.3 Å². The van der Waals surface area contributed by atoms with Crippen LogP contribution in [0.4, 0.5) is 0 Å². The highest BCUT2D eigenvalue weighted by molar-refractivity contribution is 7.89. The molecule has 2 rings (SSSR count). The summed E-state index contributed by atoms with van der Waals surface area (Å²) < 4.78 is 27.1. The Morgan fingerprint density at radius 1 is 1.35 bits per heavy atom. The Labute approximate surface area is 126 Å². The molecule has 1 aromatic rings. The fourth-order valence-corrected chi connectivity index (χ4v) is 5.75. The van der Waals surface area contributed by atoms with Crippen molar-refractivity contribution in [3.8, 4) is 0 Å². The maximum absolute atomic E-state index is 12.7. The minimum atomic E-state index is -3.35. The van der Waals surface area contributed by atoms with Gasteiger partial charge in [0.25, 0.3) is 0 Å². The molecule has 0 saturated carbocycles. The fourth-order valence-electron chi connectivity index (χ4n) is 2.81. The predicted octanol–water partition coefficient (Wildman–Crippen LogP) is 2.47. The number of nitrogens with zero attached hydrogens (tertiary/aromatic N) is 2. The standard InChI is InChI=1S/C14H24N2O2S2/c1-5-16-8-6-13(7-9-16)15(4)20(17,18)14-10-11(2)19-12(14)3/h10,13H,5-9H2,1-4H3. The van der Waals surface area contributed by atoms with E-state index < -0.39 is 10.0 Å². The number of hydrogen-bond donors (Lipinski definition) is 0. The van der Waals surface area contributed by atoms with Gasteiger partial charge in [-0.1, -0.05) is 6.92 Å². The molecule has 0 aliphatic carbocycles. The van der Waals surface area contributed by atoms with E-state index in [1.807, 2.05) is 13.8 Å². The monoisotopic (exact) mass is 316 g/mol. The molecular formula is C14H24N2O2S2. The van der Waals surface area contributed by atoms with Crippen molar-refractivity contribution in [2.45, 2.75) is 44.6 Å². The minimum absolute atomic E-state index is 0.127. The average Bonchev–Trinajstić information content (AvgIpc) is 2.77. The first-order valence-electron chi connectivity index (χ1n) is 7.13. The van der Waals surface area contributed by atoms with Gasteiger partial charge in [-0.25, -0.2) is 8.42 Å². The summed E-state index contributed by atoms with van der Waals surface area (Å²) >= 11 is 1.55. The lowest BCUT2D eigenvalue weighted by Gasteiger charge is -2.35. The summed E-state index contributed by atoms with van der Waals surface area (Å²) in [4.78, 5) is 4.80. The molecule has 0 amide bonds. The van der Waals surface area contributed by atoms with Gasteiger partial charge in [-0.15, -0.1) is 11.3 Å². The Bertz CT molecular complexity index is 558. The largest absolute Gasteiger partial charge is 0.303 e. The summed E-state index contributed by atoms with van der Waals surface area (Å²) in [5.74, 6) is 0. The van der Waals surface area contributed by atoms with Gasteiger partial charge >= 0.3 is 0 Å². The lowest BCUT2D eigenvalue weighted by molar-refractivity contribution is 0.176. The van der Waals surface area contributed by atoms with Crippen LogP contribution in [0.5, 0.6) is 0 Å². The van der Waals surface area contributed by atoms with Crippen molar-refractivity contribution in [2.75, 3.05) is 26.7 Å². The Morgan fingerprint density at radius 2 is 1.95 bits per heavy atom. The molecule has 4 nitrogen and oxygen atoms in total. The first-order chi connectivity index (χ1) is 9.36. The molecule has 0 aromatic carbocycles. The number of likely N-dealkylation sites (tertiary alicyclic amines) is 1. The van der Waals surface area contributed by atoms with E-state index in [0.717, 1.165) is 42.2 Å². The van der Waals surface area contributed by atoms with Crippen LogP contribution in [0.15, 0.2) is 11.0 Å². The van der Waals surface area contributed by atoms with E-state index in [2.05, 4.69) is 11.8 Å². The summed E-state index contributed by atoms with van der Waals surface area (Å²) in [5.41, 5.74) is 0. The fraction of sp³-hybridized carbons (Fsp3) is 0.714. The molecule has 0 N–H and O–H groups in total. The number of rotatable bonds is 4. The van der Waals surface area contributed by atoms with Crippen molar-refractivity contribution in [3.63, 3.8) is 0 Å². The molecule has 1 aliphatic rings. The molecule has 2 heterocycles. The Balaban J connectivity index is 2.16. The summed E-state index contributed by atoms with van der Waals surface area (Å²) in [5, 5.41) is 0. The van der Waals surface area contributed by atoms with E-state index in [4.69, 9.17) is 0 Å². The summed E-state index contributed by atoms with van der Waals surface area (Å²) in [6, 6.07) is 1.93. The minimum Gasteiger partial charge on any atom is -0.303 e. The van der Waals surface area contributed by atoms with Gasteiger partial charge in [0.15, 0.2) is 0 Å². The number of hydrogen-bond acceptors (Lipinski definition) is 4. The molecule has 114 valence electrons. The SMILES string of the molecule is CCN1CCC(N(C)S(=O)(=O)c2cc(C)sc2C)CC1. The van der Waals surface area contributed by atoms with Gasteiger partial charge < -0.3 is 4.90 Å². The lowest BCUT2D eigenvalue weighted by Crippen LogP contribution is -2.45. The van der Waals surface area contributed by atoms with Gasteiger partial charge in [-0.2, -0.15) is 4.31 Å². The Morgan fingerprint density at radius 3 is 2.40 bits per heavy atom. The highest BCUT2D eigenvalue weighted by Crippen LogP contribution is 2.29. The summed E-state index contributed by atoms with van der Waals surface area (Å²) in [6.45, 7) is 9.02. The summed E-state index contributed by atoms with van der Waals surface area (Å²) in [6.07, 6.45) is 1.84. The van der Waals surface area contributed by atoms with Gasteiger partial charge in [0, 0.05) is 22.8 Å². The average molecular weight is 316 g/mol. The third kappa shape index (κ3) is 3.08. The van der Waals surface area contributed by atoms with E-state index in [-0.39, 0.29) is 6.04 Å². The number of thiophene rings is 1. The number of aryl methyl sites for hydroxylation is 2. The van der Waals surface area contributed by atoms with E-state index in [1.54, 1.807) is 28.8 Å². The summed E-state index contributed by atoms with van der Waals surface area (Å²) in [7, 11) is -1.62. The highest BCUT2D eigenvalue weighted by Gasteiger charge is 2.32. The lowest BCUT2D eigenvalue weighted by atomic mass is 10.1. The molecule has 0 unspecified atom stereocenters. The second-order valence-electron chi connectivity index (χ2n) is 5.46. The van der Waals surface area contributed by atoms with Crippen LogP contribution in [0.3, 0.4) is 0 Å². The van der Waals surface area contributed by atoms with Crippen LogP contribution in [-0.2, 0) is 10.0 Å². The molecule has 20 heavy (non-hydrogen) atoms. The van der Waals surface area contributed by atoms with E-state index in [0.29, 0.717) is 4.90 Å². The first-order valence-corrected chi connectivity index (χ1v) is 9.39. The van der Waals surface area contributed by atoms with Crippen molar-refractivity contribution >= 4 is 21.4 Å². The van der Waals surface area contributed by atoms with Crippen LogP contribution in [0, 0.1) is 13.8 Å². The number of piperidine rings is 1. The van der Waals surface area contributed by atoms with E-state index in [9.17, 15) is 8.42 Å². The molecule has 1 aromatic heterocycles. The van der Waals surface area contributed by atoms with E-state index >= 15 is 0 Å². The zero-order chi connectivity index (χ0) is 14.9. The second-order valence-corrected chi connectivity index (χ2v) is 8.89. The molecule has 1 aliphatic heterocycles. The molecule has 6 heteroatoms. The molecular weight excluding hydrogens is 292 g/mol. The van der Waals surface area contributed by atoms with Gasteiger partial charge in [0.2, 0.25) is 10.0 Å². The van der Waals surface area contributed by atoms with Crippen molar-refractivity contribution in [1.29, 1.82) is 0 Å². The maximum Gasteiger partial charge on any atom is 0.244 e. The zero-order valence-corrected chi connectivity index (χ0v) is 14.4. The normalized spacial score (nSPS) is 18.9. The smallest absolute Gasteiger partial charge is 0.244 e. The molecule has 0 spiro atoms. The third-order valence-corrected chi connectivity index (χ3v) is 7.30. The van der Waals surface area contributed by atoms with Gasteiger partial charge in [-0.3, -0.25) is 0 Å². The zero-order valence-electron chi connectivity index (χ0n) is 12.7.